The minimum Gasteiger partial charge on any atom is -0.489 e. The average Bonchev–Trinajstić information content (AvgIpc) is 2.49. The number of benzene rings is 2. The first kappa shape index (κ1) is 13.9. The number of ether oxygens (including phenoxy) is 1. The third-order valence-electron chi connectivity index (χ3n) is 3.49. The van der Waals surface area contributed by atoms with E-state index in [2.05, 4.69) is 0 Å². The standard InChI is InChI=1S/C16H17NO3S/c1-13-6-8-14(9-7-13)12-21(18,19)17-10-11-20-16-5-3-2-4-15(16)17/h2-9H,10-12H2,1H3. The van der Waals surface area contributed by atoms with Crippen molar-refractivity contribution in [1.29, 1.82) is 0 Å². The number of anilines is 1. The van der Waals surface area contributed by atoms with Gasteiger partial charge in [0.2, 0.25) is 10.0 Å². The van der Waals surface area contributed by atoms with E-state index in [9.17, 15) is 8.42 Å². The number of aryl methyl sites for hydroxylation is 1. The fraction of sp³-hybridized carbons (Fsp3) is 0.250. The van der Waals surface area contributed by atoms with Crippen LogP contribution in [0, 0.1) is 6.92 Å². The minimum atomic E-state index is -3.41. The van der Waals surface area contributed by atoms with Gasteiger partial charge < -0.3 is 4.74 Å². The summed E-state index contributed by atoms with van der Waals surface area (Å²) in [6, 6.07) is 14.8. The van der Waals surface area contributed by atoms with Crippen molar-refractivity contribution in [2.24, 2.45) is 0 Å². The van der Waals surface area contributed by atoms with Crippen LogP contribution in [0.25, 0.3) is 0 Å². The number of hydrogen-bond donors (Lipinski definition) is 0. The summed E-state index contributed by atoms with van der Waals surface area (Å²) >= 11 is 0. The summed E-state index contributed by atoms with van der Waals surface area (Å²) in [5.74, 6) is 0.623. The lowest BCUT2D eigenvalue weighted by atomic mass is 10.2. The number of hydrogen-bond acceptors (Lipinski definition) is 3. The molecule has 0 unspecified atom stereocenters. The van der Waals surface area contributed by atoms with E-state index in [1.54, 1.807) is 12.1 Å². The fourth-order valence-electron chi connectivity index (χ4n) is 2.41. The molecule has 0 radical (unpaired) electrons. The number of sulfonamides is 1. The zero-order valence-corrected chi connectivity index (χ0v) is 12.6. The van der Waals surface area contributed by atoms with Crippen molar-refractivity contribution in [2.45, 2.75) is 12.7 Å². The second-order valence-corrected chi connectivity index (χ2v) is 7.02. The molecule has 0 aromatic heterocycles. The predicted octanol–water partition coefficient (Wildman–Crippen LogP) is 2.72. The second-order valence-electron chi connectivity index (χ2n) is 5.13. The van der Waals surface area contributed by atoms with Gasteiger partial charge in [0.1, 0.15) is 12.4 Å². The van der Waals surface area contributed by atoms with Crippen LogP contribution in [0.2, 0.25) is 0 Å². The summed E-state index contributed by atoms with van der Waals surface area (Å²) in [6.07, 6.45) is 0. The van der Waals surface area contributed by atoms with Gasteiger partial charge >= 0.3 is 0 Å². The molecule has 0 saturated heterocycles. The molecule has 3 rings (SSSR count). The SMILES string of the molecule is Cc1ccc(CS(=O)(=O)N2CCOc3ccccc32)cc1. The lowest BCUT2D eigenvalue weighted by Crippen LogP contribution is -2.38. The number of para-hydroxylation sites is 2. The molecule has 0 amide bonds. The molecule has 0 bridgehead atoms. The maximum Gasteiger partial charge on any atom is 0.239 e. The number of fused-ring (bicyclic) bond motifs is 1. The Morgan fingerprint density at radius 1 is 1.10 bits per heavy atom. The molecule has 5 heteroatoms. The first-order chi connectivity index (χ1) is 10.1. The zero-order valence-electron chi connectivity index (χ0n) is 11.8. The monoisotopic (exact) mass is 303 g/mol. The van der Waals surface area contributed by atoms with Gasteiger partial charge in [-0.25, -0.2) is 8.42 Å². The van der Waals surface area contributed by atoms with E-state index in [1.807, 2.05) is 43.3 Å². The van der Waals surface area contributed by atoms with E-state index < -0.39 is 10.0 Å². The average molecular weight is 303 g/mol. The van der Waals surface area contributed by atoms with Gasteiger partial charge in [0.15, 0.2) is 0 Å². The summed E-state index contributed by atoms with van der Waals surface area (Å²) < 4.78 is 32.3. The van der Waals surface area contributed by atoms with E-state index in [1.165, 1.54) is 4.31 Å². The molecule has 0 spiro atoms. The van der Waals surface area contributed by atoms with Crippen LogP contribution in [-0.2, 0) is 15.8 Å². The maximum absolute atomic E-state index is 12.7. The first-order valence-corrected chi connectivity index (χ1v) is 8.45. The van der Waals surface area contributed by atoms with Crippen LogP contribution in [0.1, 0.15) is 11.1 Å². The maximum atomic E-state index is 12.7. The van der Waals surface area contributed by atoms with Crippen LogP contribution < -0.4 is 9.04 Å². The largest absolute Gasteiger partial charge is 0.489 e. The Kier molecular flexibility index (Phi) is 3.59. The van der Waals surface area contributed by atoms with Gasteiger partial charge in [-0.3, -0.25) is 4.31 Å². The Hall–Kier alpha value is -2.01. The lowest BCUT2D eigenvalue weighted by Gasteiger charge is -2.30. The summed E-state index contributed by atoms with van der Waals surface area (Å²) in [6.45, 7) is 2.71. The van der Waals surface area contributed by atoms with Crippen molar-refractivity contribution in [3.8, 4) is 5.75 Å². The predicted molar refractivity (Wildman–Crippen MR) is 83.1 cm³/mol. The molecule has 0 N–H and O–H groups in total. The van der Waals surface area contributed by atoms with Gasteiger partial charge in [0.25, 0.3) is 0 Å². The van der Waals surface area contributed by atoms with Gasteiger partial charge in [-0.2, -0.15) is 0 Å². The third-order valence-corrected chi connectivity index (χ3v) is 5.24. The van der Waals surface area contributed by atoms with Crippen LogP contribution in [0.5, 0.6) is 5.75 Å². The highest BCUT2D eigenvalue weighted by Gasteiger charge is 2.28. The lowest BCUT2D eigenvalue weighted by molar-refractivity contribution is 0.316. The normalized spacial score (nSPS) is 14.4. The first-order valence-electron chi connectivity index (χ1n) is 6.84. The molecule has 0 aliphatic carbocycles. The van der Waals surface area contributed by atoms with E-state index in [0.29, 0.717) is 24.6 Å². The Morgan fingerprint density at radius 2 is 1.81 bits per heavy atom. The molecule has 1 aliphatic rings. The molecule has 0 saturated carbocycles. The Labute approximate surface area is 125 Å². The van der Waals surface area contributed by atoms with Crippen LogP contribution in [0.15, 0.2) is 48.5 Å². The van der Waals surface area contributed by atoms with Gasteiger partial charge in [-0.1, -0.05) is 42.0 Å². The van der Waals surface area contributed by atoms with E-state index in [0.717, 1.165) is 11.1 Å². The molecule has 4 nitrogen and oxygen atoms in total. The number of rotatable bonds is 3. The summed E-state index contributed by atoms with van der Waals surface area (Å²) in [5, 5.41) is 0. The third kappa shape index (κ3) is 2.88. The second kappa shape index (κ2) is 5.41. The van der Waals surface area contributed by atoms with Crippen molar-refractivity contribution in [3.63, 3.8) is 0 Å². The highest BCUT2D eigenvalue weighted by molar-refractivity contribution is 7.92. The van der Waals surface area contributed by atoms with Crippen molar-refractivity contribution in [1.82, 2.24) is 0 Å². The van der Waals surface area contributed by atoms with E-state index >= 15 is 0 Å². The summed E-state index contributed by atoms with van der Waals surface area (Å²) in [7, 11) is -3.41. The zero-order chi connectivity index (χ0) is 14.9. The Bertz CT molecular complexity index is 738. The molecule has 0 fully saturated rings. The molecule has 1 heterocycles. The topological polar surface area (TPSA) is 46.6 Å². The van der Waals surface area contributed by atoms with Gasteiger partial charge in [0, 0.05) is 0 Å². The highest BCUT2D eigenvalue weighted by Crippen LogP contribution is 2.33. The number of nitrogens with zero attached hydrogens (tertiary/aromatic N) is 1. The van der Waals surface area contributed by atoms with Crippen molar-refractivity contribution < 1.29 is 13.2 Å². The van der Waals surface area contributed by atoms with Crippen LogP contribution in [0.4, 0.5) is 5.69 Å². The molecule has 21 heavy (non-hydrogen) atoms. The van der Waals surface area contributed by atoms with Crippen molar-refractivity contribution >= 4 is 15.7 Å². The molecule has 2 aromatic rings. The molecule has 0 atom stereocenters. The smallest absolute Gasteiger partial charge is 0.239 e. The fourth-order valence-corrected chi connectivity index (χ4v) is 3.98. The minimum absolute atomic E-state index is 0.00160. The van der Waals surface area contributed by atoms with Gasteiger partial charge in [-0.15, -0.1) is 0 Å². The van der Waals surface area contributed by atoms with Crippen LogP contribution >= 0.6 is 0 Å². The molecule has 110 valence electrons. The molecule has 1 aliphatic heterocycles. The quantitative estimate of drug-likeness (QED) is 0.876. The van der Waals surface area contributed by atoms with E-state index in [-0.39, 0.29) is 5.75 Å². The van der Waals surface area contributed by atoms with Crippen molar-refractivity contribution in [3.05, 3.63) is 59.7 Å². The van der Waals surface area contributed by atoms with Crippen LogP contribution in [-0.4, -0.2) is 21.6 Å². The summed E-state index contributed by atoms with van der Waals surface area (Å²) in [4.78, 5) is 0. The van der Waals surface area contributed by atoms with E-state index in [4.69, 9.17) is 4.74 Å². The summed E-state index contributed by atoms with van der Waals surface area (Å²) in [5.41, 5.74) is 2.54. The Balaban J connectivity index is 1.91. The highest BCUT2D eigenvalue weighted by atomic mass is 32.2. The molecular formula is C16H17NO3S. The molecular weight excluding hydrogens is 286 g/mol. The molecule has 2 aromatic carbocycles. The van der Waals surface area contributed by atoms with Gasteiger partial charge in [-0.05, 0) is 24.6 Å². The van der Waals surface area contributed by atoms with Crippen LogP contribution in [0.3, 0.4) is 0 Å². The Morgan fingerprint density at radius 3 is 2.57 bits per heavy atom. The van der Waals surface area contributed by atoms with Gasteiger partial charge in [0.05, 0.1) is 18.0 Å². The van der Waals surface area contributed by atoms with Crippen molar-refractivity contribution in [2.75, 3.05) is 17.5 Å².